The molecule has 104 valence electrons. The smallest absolute Gasteiger partial charge is 0.234 e. The second-order valence-corrected chi connectivity index (χ2v) is 6.05. The average molecular weight is 269 g/mol. The van der Waals surface area contributed by atoms with Crippen molar-refractivity contribution >= 4 is 0 Å². The van der Waals surface area contributed by atoms with Gasteiger partial charge in [-0.05, 0) is 30.9 Å². The maximum absolute atomic E-state index is 5.62. The Morgan fingerprint density at radius 1 is 1.30 bits per heavy atom. The monoisotopic (exact) mass is 269 g/mol. The zero-order chi connectivity index (χ0) is 13.4. The maximum atomic E-state index is 5.62. The Morgan fingerprint density at radius 2 is 2.20 bits per heavy atom. The largest absolute Gasteiger partial charge is 0.339 e. The van der Waals surface area contributed by atoms with Gasteiger partial charge in [-0.15, -0.1) is 0 Å². The van der Waals surface area contributed by atoms with Crippen LogP contribution in [0.25, 0.3) is 0 Å². The first-order valence-electron chi connectivity index (χ1n) is 7.44. The normalized spacial score (nSPS) is 28.7. The van der Waals surface area contributed by atoms with Crippen LogP contribution in [-0.2, 0) is 11.8 Å². The lowest BCUT2D eigenvalue weighted by molar-refractivity contribution is 0.264. The molecule has 0 amide bonds. The van der Waals surface area contributed by atoms with Crippen LogP contribution in [0.1, 0.15) is 36.5 Å². The van der Waals surface area contributed by atoms with E-state index in [0.717, 1.165) is 31.2 Å². The summed E-state index contributed by atoms with van der Waals surface area (Å²) >= 11 is 0. The van der Waals surface area contributed by atoms with Crippen LogP contribution < -0.4 is 5.32 Å². The van der Waals surface area contributed by atoms with Crippen LogP contribution in [0, 0.1) is 5.92 Å². The first kappa shape index (κ1) is 12.1. The molecule has 0 spiro atoms. The standard InChI is InChI=1S/C16H19N3O/c1-2-5-12(6-3-1)9-14-18-15(20-19-14)16-8-4-7-13(16)10-17-11-16/h1-3,5-6,13,17H,4,7-11H2/t13-,16-/m1/s1. The fourth-order valence-corrected chi connectivity index (χ4v) is 3.81. The van der Waals surface area contributed by atoms with Crippen molar-refractivity contribution in [3.8, 4) is 0 Å². The Kier molecular flexibility index (Phi) is 2.84. The molecule has 1 aliphatic carbocycles. The van der Waals surface area contributed by atoms with Gasteiger partial charge in [0.1, 0.15) is 0 Å². The fourth-order valence-electron chi connectivity index (χ4n) is 3.81. The molecule has 0 unspecified atom stereocenters. The molecule has 1 saturated heterocycles. The molecule has 2 heterocycles. The van der Waals surface area contributed by atoms with E-state index in [4.69, 9.17) is 9.51 Å². The molecule has 4 nitrogen and oxygen atoms in total. The number of nitrogens with zero attached hydrogens (tertiary/aromatic N) is 2. The lowest BCUT2D eigenvalue weighted by Gasteiger charge is -2.22. The molecule has 4 heteroatoms. The molecule has 1 aromatic heterocycles. The molecular weight excluding hydrogens is 250 g/mol. The zero-order valence-corrected chi connectivity index (χ0v) is 11.5. The molecule has 2 aliphatic rings. The van der Waals surface area contributed by atoms with Crippen LogP contribution in [0.3, 0.4) is 0 Å². The minimum atomic E-state index is 0.113. The Morgan fingerprint density at radius 3 is 3.10 bits per heavy atom. The van der Waals surface area contributed by atoms with Crippen molar-refractivity contribution in [3.05, 3.63) is 47.6 Å². The summed E-state index contributed by atoms with van der Waals surface area (Å²) in [5.74, 6) is 2.33. The highest BCUT2D eigenvalue weighted by atomic mass is 16.5. The van der Waals surface area contributed by atoms with E-state index >= 15 is 0 Å². The van der Waals surface area contributed by atoms with Crippen LogP contribution in [-0.4, -0.2) is 23.2 Å². The molecule has 2 atom stereocenters. The first-order valence-corrected chi connectivity index (χ1v) is 7.44. The van der Waals surface area contributed by atoms with E-state index in [1.54, 1.807) is 0 Å². The first-order chi connectivity index (χ1) is 9.87. The van der Waals surface area contributed by atoms with Gasteiger partial charge in [0.05, 0.1) is 5.41 Å². The molecule has 0 bridgehead atoms. The molecule has 0 radical (unpaired) electrons. The molecule has 1 aromatic carbocycles. The second kappa shape index (κ2) is 4.70. The van der Waals surface area contributed by atoms with E-state index in [1.165, 1.54) is 24.8 Å². The number of rotatable bonds is 3. The number of nitrogens with one attached hydrogen (secondary N) is 1. The zero-order valence-electron chi connectivity index (χ0n) is 11.5. The SMILES string of the molecule is c1ccc(Cc2noc([C@@]34CCC[C@@H]3CNC4)n2)cc1. The summed E-state index contributed by atoms with van der Waals surface area (Å²) in [6.07, 6.45) is 4.49. The van der Waals surface area contributed by atoms with E-state index < -0.39 is 0 Å². The van der Waals surface area contributed by atoms with E-state index in [2.05, 4.69) is 22.6 Å². The fraction of sp³-hybridized carbons (Fsp3) is 0.500. The Bertz CT molecular complexity index is 583. The van der Waals surface area contributed by atoms with Crippen molar-refractivity contribution in [2.24, 2.45) is 5.92 Å². The van der Waals surface area contributed by atoms with E-state index in [1.807, 2.05) is 18.2 Å². The molecule has 1 N–H and O–H groups in total. The Hall–Kier alpha value is -1.68. The quantitative estimate of drug-likeness (QED) is 0.929. The van der Waals surface area contributed by atoms with Crippen molar-refractivity contribution in [2.45, 2.75) is 31.1 Å². The van der Waals surface area contributed by atoms with Crippen LogP contribution in [0.5, 0.6) is 0 Å². The van der Waals surface area contributed by atoms with Crippen molar-refractivity contribution in [1.82, 2.24) is 15.5 Å². The molecular formula is C16H19N3O. The highest BCUT2D eigenvalue weighted by Gasteiger charge is 2.51. The van der Waals surface area contributed by atoms with Crippen LogP contribution in [0.15, 0.2) is 34.9 Å². The predicted octanol–water partition coefficient (Wildman–Crippen LogP) is 2.30. The van der Waals surface area contributed by atoms with Crippen LogP contribution in [0.2, 0.25) is 0 Å². The van der Waals surface area contributed by atoms with Crippen molar-refractivity contribution < 1.29 is 4.52 Å². The minimum absolute atomic E-state index is 0.113. The van der Waals surface area contributed by atoms with Crippen LogP contribution in [0.4, 0.5) is 0 Å². The van der Waals surface area contributed by atoms with Gasteiger partial charge < -0.3 is 9.84 Å². The molecule has 1 saturated carbocycles. The van der Waals surface area contributed by atoms with Gasteiger partial charge in [-0.1, -0.05) is 41.9 Å². The average Bonchev–Trinajstić information content (AvgIpc) is 3.13. The molecule has 2 fully saturated rings. The summed E-state index contributed by atoms with van der Waals surface area (Å²) in [5.41, 5.74) is 1.34. The minimum Gasteiger partial charge on any atom is -0.339 e. The van der Waals surface area contributed by atoms with Gasteiger partial charge in [-0.2, -0.15) is 4.98 Å². The van der Waals surface area contributed by atoms with E-state index in [9.17, 15) is 0 Å². The van der Waals surface area contributed by atoms with E-state index in [0.29, 0.717) is 5.92 Å². The highest BCUT2D eigenvalue weighted by molar-refractivity contribution is 5.20. The van der Waals surface area contributed by atoms with Crippen molar-refractivity contribution in [3.63, 3.8) is 0 Å². The topological polar surface area (TPSA) is 51.0 Å². The number of hydrogen-bond acceptors (Lipinski definition) is 4. The summed E-state index contributed by atoms with van der Waals surface area (Å²) < 4.78 is 5.62. The molecule has 4 rings (SSSR count). The molecule has 20 heavy (non-hydrogen) atoms. The molecule has 1 aliphatic heterocycles. The summed E-state index contributed by atoms with van der Waals surface area (Å²) in [7, 11) is 0. The third-order valence-corrected chi connectivity index (χ3v) is 4.89. The lowest BCUT2D eigenvalue weighted by atomic mass is 9.80. The van der Waals surface area contributed by atoms with Gasteiger partial charge in [0, 0.05) is 13.0 Å². The lowest BCUT2D eigenvalue weighted by Crippen LogP contribution is -2.31. The Balaban J connectivity index is 1.59. The summed E-state index contributed by atoms with van der Waals surface area (Å²) in [6, 6.07) is 10.3. The number of benzene rings is 1. The van der Waals surface area contributed by atoms with Crippen molar-refractivity contribution in [2.75, 3.05) is 13.1 Å². The van der Waals surface area contributed by atoms with Gasteiger partial charge >= 0.3 is 0 Å². The highest BCUT2D eigenvalue weighted by Crippen LogP contribution is 2.47. The number of aromatic nitrogens is 2. The van der Waals surface area contributed by atoms with Gasteiger partial charge in [0.15, 0.2) is 5.82 Å². The van der Waals surface area contributed by atoms with Crippen LogP contribution >= 0.6 is 0 Å². The predicted molar refractivity (Wildman–Crippen MR) is 75.4 cm³/mol. The third-order valence-electron chi connectivity index (χ3n) is 4.89. The summed E-state index contributed by atoms with van der Waals surface area (Å²) in [4.78, 5) is 4.70. The summed E-state index contributed by atoms with van der Waals surface area (Å²) in [6.45, 7) is 2.08. The molecule has 2 aromatic rings. The maximum Gasteiger partial charge on any atom is 0.234 e. The van der Waals surface area contributed by atoms with Gasteiger partial charge in [-0.25, -0.2) is 0 Å². The summed E-state index contributed by atoms with van der Waals surface area (Å²) in [5, 5.41) is 7.69. The number of hydrogen-bond donors (Lipinski definition) is 1. The van der Waals surface area contributed by atoms with Gasteiger partial charge in [-0.3, -0.25) is 0 Å². The Labute approximate surface area is 118 Å². The number of fused-ring (bicyclic) bond motifs is 1. The van der Waals surface area contributed by atoms with E-state index in [-0.39, 0.29) is 5.41 Å². The second-order valence-electron chi connectivity index (χ2n) is 6.05. The third kappa shape index (κ3) is 1.86. The van der Waals surface area contributed by atoms with Gasteiger partial charge in [0.25, 0.3) is 0 Å². The van der Waals surface area contributed by atoms with Gasteiger partial charge in [0.2, 0.25) is 5.89 Å². The van der Waals surface area contributed by atoms with Crippen molar-refractivity contribution in [1.29, 1.82) is 0 Å².